The number of alkyl halides is 3. The number of piperidine rings is 1. The minimum atomic E-state index is -5.08. The van der Waals surface area contributed by atoms with Gasteiger partial charge in [0, 0.05) is 13.2 Å². The first kappa shape index (κ1) is 30.8. The Kier molecular flexibility index (Phi) is 9.36. The molecule has 40 heavy (non-hydrogen) atoms. The lowest BCUT2D eigenvalue weighted by molar-refractivity contribution is -0.192. The molecule has 1 aromatic carbocycles. The lowest BCUT2D eigenvalue weighted by Gasteiger charge is -2.26. The van der Waals surface area contributed by atoms with Crippen molar-refractivity contribution >= 4 is 11.9 Å². The van der Waals surface area contributed by atoms with Gasteiger partial charge in [0.2, 0.25) is 5.95 Å². The van der Waals surface area contributed by atoms with E-state index in [1.807, 2.05) is 18.7 Å². The predicted molar refractivity (Wildman–Crippen MR) is 140 cm³/mol. The van der Waals surface area contributed by atoms with Crippen molar-refractivity contribution in [3.8, 4) is 22.5 Å². The van der Waals surface area contributed by atoms with Crippen molar-refractivity contribution in [3.63, 3.8) is 0 Å². The lowest BCUT2D eigenvalue weighted by Crippen LogP contribution is -2.39. The molecule has 1 aliphatic heterocycles. The maximum Gasteiger partial charge on any atom is 0.490 e. The normalized spacial score (nSPS) is 15.2. The zero-order valence-electron chi connectivity index (χ0n) is 22.5. The van der Waals surface area contributed by atoms with Gasteiger partial charge in [-0.1, -0.05) is 12.1 Å². The van der Waals surface area contributed by atoms with Gasteiger partial charge in [-0.25, -0.2) is 23.8 Å². The molecule has 0 bridgehead atoms. The Hall–Kier alpha value is -3.78. The van der Waals surface area contributed by atoms with Crippen LogP contribution in [0.5, 0.6) is 0 Å². The molecule has 1 atom stereocenters. The summed E-state index contributed by atoms with van der Waals surface area (Å²) in [7, 11) is 1.86. The number of carboxylic acid groups (broad SMARTS) is 1. The van der Waals surface area contributed by atoms with Crippen LogP contribution in [-0.2, 0) is 11.8 Å². The average molecular weight is 569 g/mol. The Bertz CT molecular complexity index is 1370. The van der Waals surface area contributed by atoms with Gasteiger partial charge in [0.05, 0.1) is 34.6 Å². The Labute approximate surface area is 227 Å². The summed E-state index contributed by atoms with van der Waals surface area (Å²) >= 11 is 0. The Morgan fingerprint density at radius 1 is 1.15 bits per heavy atom. The number of aliphatic hydroxyl groups is 1. The van der Waals surface area contributed by atoms with E-state index in [-0.39, 0.29) is 23.5 Å². The SMILES string of the molecule is C[C@H](Nc1nccc(-c2c(-c3ccc(F)cc3)c(=O)n(C3CCNCC3)n2C)n1)C(C)(C)O.O=C(O)C(F)(F)F. The van der Waals surface area contributed by atoms with E-state index in [2.05, 4.69) is 20.6 Å². The Morgan fingerprint density at radius 3 is 2.25 bits per heavy atom. The molecule has 4 rings (SSSR count). The van der Waals surface area contributed by atoms with Crippen molar-refractivity contribution in [3.05, 3.63) is 52.7 Å². The highest BCUT2D eigenvalue weighted by Gasteiger charge is 2.38. The molecule has 1 fully saturated rings. The Morgan fingerprint density at radius 2 is 1.73 bits per heavy atom. The molecule has 0 spiro atoms. The molecule has 14 heteroatoms. The largest absolute Gasteiger partial charge is 0.490 e. The quantitative estimate of drug-likeness (QED) is 0.332. The van der Waals surface area contributed by atoms with Gasteiger partial charge >= 0.3 is 12.1 Å². The van der Waals surface area contributed by atoms with Crippen LogP contribution in [0.15, 0.2) is 41.3 Å². The summed E-state index contributed by atoms with van der Waals surface area (Å²) in [6, 6.07) is 7.49. The van der Waals surface area contributed by atoms with Crippen LogP contribution in [0.4, 0.5) is 23.5 Å². The number of carbonyl (C=O) groups is 1. The number of hydrogen-bond donors (Lipinski definition) is 4. The van der Waals surface area contributed by atoms with E-state index in [0.717, 1.165) is 25.9 Å². The van der Waals surface area contributed by atoms with Gasteiger partial charge in [-0.2, -0.15) is 13.2 Å². The number of halogens is 4. The van der Waals surface area contributed by atoms with Crippen molar-refractivity contribution in [2.45, 2.75) is 57.5 Å². The summed E-state index contributed by atoms with van der Waals surface area (Å²) in [4.78, 5) is 31.6. The van der Waals surface area contributed by atoms with Gasteiger partial charge < -0.3 is 20.8 Å². The van der Waals surface area contributed by atoms with E-state index >= 15 is 0 Å². The van der Waals surface area contributed by atoms with Gasteiger partial charge in [-0.05, 0) is 70.5 Å². The fourth-order valence-corrected chi connectivity index (χ4v) is 4.18. The molecule has 4 N–H and O–H groups in total. The van der Waals surface area contributed by atoms with Crippen LogP contribution < -0.4 is 16.2 Å². The monoisotopic (exact) mass is 568 g/mol. The van der Waals surface area contributed by atoms with Crippen molar-refractivity contribution in [1.29, 1.82) is 0 Å². The number of rotatable bonds is 6. The van der Waals surface area contributed by atoms with Gasteiger partial charge in [-0.3, -0.25) is 9.48 Å². The third kappa shape index (κ3) is 7.24. The lowest BCUT2D eigenvalue weighted by atomic mass is 10.0. The minimum absolute atomic E-state index is 0.0614. The van der Waals surface area contributed by atoms with Crippen LogP contribution in [0, 0.1) is 5.82 Å². The number of anilines is 1. The fraction of sp³-hybridized carbons (Fsp3) is 0.462. The Balaban J connectivity index is 0.000000559. The first-order chi connectivity index (χ1) is 18.6. The van der Waals surface area contributed by atoms with Gasteiger partial charge in [0.15, 0.2) is 0 Å². The van der Waals surface area contributed by atoms with Crippen LogP contribution in [0.1, 0.15) is 39.7 Å². The standard InChI is InChI=1S/C24H31FN6O2.C2HF3O2/c1-15(24(2,3)33)28-23-27-14-11-19(29-23)21-20(16-5-7-17(25)8-6-16)22(32)31(30(21)4)18-9-12-26-13-10-18;3-2(4,5)1(6)7/h5-8,11,14-15,18,26,33H,9-10,12-13H2,1-4H3,(H,27,28,29);(H,6,7)/t15-;/m0./s1. The number of benzene rings is 1. The average Bonchev–Trinajstić information content (AvgIpc) is 3.14. The molecule has 1 saturated heterocycles. The number of hydrogen-bond acceptors (Lipinski definition) is 7. The maximum atomic E-state index is 13.7. The molecule has 1 aliphatic rings. The summed E-state index contributed by atoms with van der Waals surface area (Å²) in [5.74, 6) is -2.76. The summed E-state index contributed by atoms with van der Waals surface area (Å²) in [5.41, 5.74) is 1.25. The maximum absolute atomic E-state index is 13.7. The number of nitrogens with one attached hydrogen (secondary N) is 2. The minimum Gasteiger partial charge on any atom is -0.475 e. The molecule has 218 valence electrons. The third-order valence-corrected chi connectivity index (χ3v) is 6.64. The molecular formula is C26H32F4N6O4. The zero-order chi connectivity index (χ0) is 29.8. The van der Waals surface area contributed by atoms with Crippen molar-refractivity contribution < 1.29 is 32.6 Å². The number of nitrogens with zero attached hydrogens (tertiary/aromatic N) is 4. The second-order valence-electron chi connectivity index (χ2n) is 9.97. The van der Waals surface area contributed by atoms with Crippen LogP contribution in [0.25, 0.3) is 22.5 Å². The van der Waals surface area contributed by atoms with Crippen molar-refractivity contribution in [1.82, 2.24) is 24.6 Å². The molecule has 0 amide bonds. The van der Waals surface area contributed by atoms with Crippen LogP contribution in [0.2, 0.25) is 0 Å². The smallest absolute Gasteiger partial charge is 0.475 e. The molecular weight excluding hydrogens is 536 g/mol. The zero-order valence-corrected chi connectivity index (χ0v) is 22.5. The fourth-order valence-electron chi connectivity index (χ4n) is 4.18. The molecule has 0 saturated carbocycles. The second-order valence-corrected chi connectivity index (χ2v) is 9.97. The highest BCUT2D eigenvalue weighted by Crippen LogP contribution is 2.31. The van der Waals surface area contributed by atoms with Crippen LogP contribution in [0.3, 0.4) is 0 Å². The van der Waals surface area contributed by atoms with E-state index < -0.39 is 17.7 Å². The topological polar surface area (TPSA) is 134 Å². The first-order valence-electron chi connectivity index (χ1n) is 12.5. The second kappa shape index (κ2) is 12.2. The van der Waals surface area contributed by atoms with E-state index in [9.17, 15) is 27.5 Å². The van der Waals surface area contributed by atoms with E-state index in [0.29, 0.717) is 28.5 Å². The van der Waals surface area contributed by atoms with Gasteiger partial charge in [0.1, 0.15) is 5.82 Å². The molecule has 3 aromatic rings. The highest BCUT2D eigenvalue weighted by molar-refractivity contribution is 5.79. The van der Waals surface area contributed by atoms with Crippen molar-refractivity contribution in [2.75, 3.05) is 18.4 Å². The van der Waals surface area contributed by atoms with Crippen LogP contribution in [-0.4, -0.2) is 66.4 Å². The van der Waals surface area contributed by atoms with Crippen LogP contribution >= 0.6 is 0 Å². The third-order valence-electron chi connectivity index (χ3n) is 6.64. The van der Waals surface area contributed by atoms with E-state index in [1.54, 1.807) is 42.9 Å². The highest BCUT2D eigenvalue weighted by atomic mass is 19.4. The van der Waals surface area contributed by atoms with Gasteiger partial charge in [0.25, 0.3) is 5.56 Å². The van der Waals surface area contributed by atoms with Gasteiger partial charge in [-0.15, -0.1) is 0 Å². The summed E-state index contributed by atoms with van der Waals surface area (Å²) in [6.07, 6.45) is -1.76. The summed E-state index contributed by atoms with van der Waals surface area (Å²) in [5, 5.41) is 23.9. The molecule has 0 unspecified atom stereocenters. The predicted octanol–water partition coefficient (Wildman–Crippen LogP) is 3.58. The summed E-state index contributed by atoms with van der Waals surface area (Å²) < 4.78 is 49.0. The molecule has 0 aliphatic carbocycles. The number of aliphatic carboxylic acids is 1. The van der Waals surface area contributed by atoms with E-state index in [1.165, 1.54) is 12.1 Å². The number of carboxylic acids is 1. The molecule has 2 aromatic heterocycles. The van der Waals surface area contributed by atoms with E-state index in [4.69, 9.17) is 9.90 Å². The first-order valence-corrected chi connectivity index (χ1v) is 12.5. The molecule has 10 nitrogen and oxygen atoms in total. The molecule has 0 radical (unpaired) electrons. The van der Waals surface area contributed by atoms with Crippen molar-refractivity contribution in [2.24, 2.45) is 7.05 Å². The summed E-state index contributed by atoms with van der Waals surface area (Å²) in [6.45, 7) is 6.97. The molecule has 3 heterocycles. The number of aromatic nitrogens is 4.